The molecule has 0 rings (SSSR count). The number of oxime groups is 1. The Morgan fingerprint density at radius 3 is 2.59 bits per heavy atom. The molecule has 0 aliphatic heterocycles. The van der Waals surface area contributed by atoms with Crippen LogP contribution < -0.4 is 5.73 Å². The first-order valence-electron chi connectivity index (χ1n) is 6.42. The average Bonchev–Trinajstić information content (AvgIpc) is 2.36. The Balaban J connectivity index is 3.79. The summed E-state index contributed by atoms with van der Waals surface area (Å²) in [6.45, 7) is 5.72. The molecule has 0 atom stereocenters. The highest BCUT2D eigenvalue weighted by atomic mass is 16.5. The van der Waals surface area contributed by atoms with E-state index in [1.165, 1.54) is 25.7 Å². The summed E-state index contributed by atoms with van der Waals surface area (Å²) < 4.78 is 5.08. The molecule has 0 aliphatic rings. The van der Waals surface area contributed by atoms with Crippen LogP contribution in [-0.4, -0.2) is 49.3 Å². The van der Waals surface area contributed by atoms with Crippen LogP contribution >= 0.6 is 0 Å². The zero-order valence-corrected chi connectivity index (χ0v) is 11.2. The number of nitrogens with two attached hydrogens (primary N) is 1. The molecule has 17 heavy (non-hydrogen) atoms. The lowest BCUT2D eigenvalue weighted by molar-refractivity contribution is 0.148. The van der Waals surface area contributed by atoms with Crippen molar-refractivity contribution in [3.8, 4) is 0 Å². The number of methoxy groups -OCH3 is 1. The monoisotopic (exact) mass is 245 g/mol. The minimum atomic E-state index is 0.293. The largest absolute Gasteiger partial charge is 0.409 e. The van der Waals surface area contributed by atoms with Gasteiger partial charge in [-0.25, -0.2) is 0 Å². The molecule has 102 valence electrons. The second kappa shape index (κ2) is 11.7. The van der Waals surface area contributed by atoms with Gasteiger partial charge in [0.15, 0.2) is 0 Å². The van der Waals surface area contributed by atoms with Crippen molar-refractivity contribution in [2.45, 2.75) is 39.0 Å². The first-order valence-corrected chi connectivity index (χ1v) is 6.42. The smallest absolute Gasteiger partial charge is 0.140 e. The summed E-state index contributed by atoms with van der Waals surface area (Å²) >= 11 is 0. The summed E-state index contributed by atoms with van der Waals surface area (Å²) in [7, 11) is 1.71. The van der Waals surface area contributed by atoms with Gasteiger partial charge in [0.05, 0.1) is 6.61 Å². The standard InChI is InChI=1S/C12H27N3O2/c1-3-4-5-6-8-15(10-11-17-2)9-7-12(13)14-16/h16H,3-11H2,1-2H3,(H2,13,14). The molecule has 0 aliphatic carbocycles. The van der Waals surface area contributed by atoms with Gasteiger partial charge in [-0.1, -0.05) is 31.3 Å². The van der Waals surface area contributed by atoms with Gasteiger partial charge in [0.1, 0.15) is 5.84 Å². The number of hydrogen-bond acceptors (Lipinski definition) is 4. The maximum absolute atomic E-state index is 8.49. The molecule has 0 unspecified atom stereocenters. The number of rotatable bonds is 11. The van der Waals surface area contributed by atoms with Crippen molar-refractivity contribution < 1.29 is 9.94 Å². The fourth-order valence-electron chi connectivity index (χ4n) is 1.64. The van der Waals surface area contributed by atoms with Gasteiger partial charge >= 0.3 is 0 Å². The maximum atomic E-state index is 8.49. The number of unbranched alkanes of at least 4 members (excludes halogenated alkanes) is 3. The Morgan fingerprint density at radius 2 is 2.00 bits per heavy atom. The van der Waals surface area contributed by atoms with Gasteiger partial charge in [-0.3, -0.25) is 0 Å². The van der Waals surface area contributed by atoms with Gasteiger partial charge in [0.2, 0.25) is 0 Å². The average molecular weight is 245 g/mol. The van der Waals surface area contributed by atoms with Crippen LogP contribution in [-0.2, 0) is 4.74 Å². The first-order chi connectivity index (χ1) is 8.24. The van der Waals surface area contributed by atoms with E-state index in [2.05, 4.69) is 17.0 Å². The van der Waals surface area contributed by atoms with Crippen molar-refractivity contribution in [3.63, 3.8) is 0 Å². The summed E-state index contributed by atoms with van der Waals surface area (Å²) in [5, 5.41) is 11.5. The molecule has 3 N–H and O–H groups in total. The highest BCUT2D eigenvalue weighted by Crippen LogP contribution is 2.02. The van der Waals surface area contributed by atoms with Crippen molar-refractivity contribution in [1.29, 1.82) is 0 Å². The Bertz CT molecular complexity index is 198. The van der Waals surface area contributed by atoms with Crippen molar-refractivity contribution >= 4 is 5.84 Å². The molecule has 5 heteroatoms. The molecular formula is C12H27N3O2. The lowest BCUT2D eigenvalue weighted by Crippen LogP contribution is -2.32. The Hall–Kier alpha value is -0.810. The molecule has 0 saturated carbocycles. The zero-order chi connectivity index (χ0) is 12.9. The maximum Gasteiger partial charge on any atom is 0.140 e. The van der Waals surface area contributed by atoms with Crippen molar-refractivity contribution in [2.24, 2.45) is 10.9 Å². The van der Waals surface area contributed by atoms with Crippen molar-refractivity contribution in [2.75, 3.05) is 33.4 Å². The van der Waals surface area contributed by atoms with E-state index >= 15 is 0 Å². The van der Waals surface area contributed by atoms with E-state index in [1.54, 1.807) is 7.11 Å². The molecule has 0 fully saturated rings. The van der Waals surface area contributed by atoms with E-state index in [0.29, 0.717) is 12.3 Å². The lowest BCUT2D eigenvalue weighted by atomic mass is 10.2. The van der Waals surface area contributed by atoms with Crippen molar-refractivity contribution in [3.05, 3.63) is 0 Å². The second-order valence-electron chi connectivity index (χ2n) is 4.24. The fraction of sp³-hybridized carbons (Fsp3) is 0.917. The third-order valence-corrected chi connectivity index (χ3v) is 2.75. The number of nitrogens with zero attached hydrogens (tertiary/aromatic N) is 2. The van der Waals surface area contributed by atoms with Gasteiger partial charge in [-0.2, -0.15) is 0 Å². The Kier molecular flexibility index (Phi) is 11.1. The highest BCUT2D eigenvalue weighted by molar-refractivity contribution is 5.79. The van der Waals surface area contributed by atoms with Crippen molar-refractivity contribution in [1.82, 2.24) is 4.90 Å². The van der Waals surface area contributed by atoms with E-state index in [1.807, 2.05) is 0 Å². The van der Waals surface area contributed by atoms with Gasteiger partial charge < -0.3 is 20.6 Å². The first kappa shape index (κ1) is 16.2. The van der Waals surface area contributed by atoms with Crippen LogP contribution in [0.4, 0.5) is 0 Å². The molecular weight excluding hydrogens is 218 g/mol. The van der Waals surface area contributed by atoms with Crippen LogP contribution in [0.15, 0.2) is 5.16 Å². The summed E-state index contributed by atoms with van der Waals surface area (Å²) in [5.74, 6) is 0.293. The van der Waals surface area contributed by atoms with Crippen LogP contribution in [0.1, 0.15) is 39.0 Å². The normalized spacial score (nSPS) is 12.3. The summed E-state index contributed by atoms with van der Waals surface area (Å²) in [5.41, 5.74) is 5.47. The van der Waals surface area contributed by atoms with Crippen LogP contribution in [0, 0.1) is 0 Å². The van der Waals surface area contributed by atoms with Crippen LogP contribution in [0.25, 0.3) is 0 Å². The SMILES string of the molecule is CCCCCCN(CCOC)CCC(N)=NO. The molecule has 5 nitrogen and oxygen atoms in total. The van der Waals surface area contributed by atoms with Gasteiger partial charge in [-0.05, 0) is 13.0 Å². The number of ether oxygens (including phenoxy) is 1. The molecule has 0 aromatic carbocycles. The molecule has 0 aromatic rings. The fourth-order valence-corrected chi connectivity index (χ4v) is 1.64. The van der Waals surface area contributed by atoms with Crippen LogP contribution in [0.5, 0.6) is 0 Å². The molecule has 0 heterocycles. The van der Waals surface area contributed by atoms with Crippen LogP contribution in [0.3, 0.4) is 0 Å². The number of amidine groups is 1. The van der Waals surface area contributed by atoms with E-state index in [-0.39, 0.29) is 0 Å². The molecule has 0 spiro atoms. The van der Waals surface area contributed by atoms with E-state index in [4.69, 9.17) is 15.7 Å². The van der Waals surface area contributed by atoms with Gasteiger partial charge in [-0.15, -0.1) is 0 Å². The Morgan fingerprint density at radius 1 is 1.24 bits per heavy atom. The predicted molar refractivity (Wildman–Crippen MR) is 70.5 cm³/mol. The lowest BCUT2D eigenvalue weighted by Gasteiger charge is -2.21. The summed E-state index contributed by atoms with van der Waals surface area (Å²) in [6, 6.07) is 0. The minimum absolute atomic E-state index is 0.293. The zero-order valence-electron chi connectivity index (χ0n) is 11.2. The van der Waals surface area contributed by atoms with E-state index in [9.17, 15) is 0 Å². The Labute approximate surface area is 105 Å². The molecule has 0 amide bonds. The number of hydrogen-bond donors (Lipinski definition) is 2. The van der Waals surface area contributed by atoms with E-state index in [0.717, 1.165) is 26.2 Å². The quantitative estimate of drug-likeness (QED) is 0.191. The van der Waals surface area contributed by atoms with Gasteiger partial charge in [0.25, 0.3) is 0 Å². The highest BCUT2D eigenvalue weighted by Gasteiger charge is 2.05. The third kappa shape index (κ3) is 10.1. The van der Waals surface area contributed by atoms with Gasteiger partial charge in [0, 0.05) is 26.6 Å². The minimum Gasteiger partial charge on any atom is -0.409 e. The third-order valence-electron chi connectivity index (χ3n) is 2.75. The topological polar surface area (TPSA) is 71.1 Å². The second-order valence-corrected chi connectivity index (χ2v) is 4.24. The molecule has 0 aromatic heterocycles. The summed E-state index contributed by atoms with van der Waals surface area (Å²) in [4.78, 5) is 2.30. The van der Waals surface area contributed by atoms with Crippen LogP contribution in [0.2, 0.25) is 0 Å². The molecule has 0 bridgehead atoms. The molecule has 0 radical (unpaired) electrons. The predicted octanol–water partition coefficient (Wildman–Crippen LogP) is 1.65. The summed E-state index contributed by atoms with van der Waals surface area (Å²) in [6.07, 6.45) is 5.62. The molecule has 0 saturated heterocycles. The van der Waals surface area contributed by atoms with E-state index < -0.39 is 0 Å².